The summed E-state index contributed by atoms with van der Waals surface area (Å²) in [4.78, 5) is 15.3. The van der Waals surface area contributed by atoms with E-state index in [0.29, 0.717) is 24.0 Å². The van der Waals surface area contributed by atoms with Crippen molar-refractivity contribution in [1.82, 2.24) is 10.3 Å². The number of nitrogens with one attached hydrogen (secondary N) is 1. The van der Waals surface area contributed by atoms with Crippen LogP contribution in [-0.2, 0) is 20.8 Å². The van der Waals surface area contributed by atoms with E-state index in [1.54, 1.807) is 12.3 Å². The van der Waals surface area contributed by atoms with Gasteiger partial charge in [0.05, 0.1) is 19.8 Å². The van der Waals surface area contributed by atoms with Crippen molar-refractivity contribution in [1.29, 1.82) is 0 Å². The zero-order valence-corrected chi connectivity index (χ0v) is 12.6. The number of aromatic nitrogens is 1. The maximum absolute atomic E-state index is 11.3. The Morgan fingerprint density at radius 2 is 2.25 bits per heavy atom. The maximum atomic E-state index is 11.3. The van der Waals surface area contributed by atoms with Crippen molar-refractivity contribution in [3.63, 3.8) is 0 Å². The van der Waals surface area contributed by atoms with Gasteiger partial charge in [0, 0.05) is 24.5 Å². The molecular formula is C14H19ClN2O3. The molecule has 0 aliphatic carbocycles. The third-order valence-corrected chi connectivity index (χ3v) is 2.60. The number of carbonyl (C=O) groups is 1. The van der Waals surface area contributed by atoms with Gasteiger partial charge in [-0.3, -0.25) is 0 Å². The van der Waals surface area contributed by atoms with Crippen LogP contribution in [0.1, 0.15) is 19.4 Å². The molecule has 0 fully saturated rings. The molecule has 0 unspecified atom stereocenters. The average Bonchev–Trinajstić information content (AvgIpc) is 2.43. The summed E-state index contributed by atoms with van der Waals surface area (Å²) in [5.41, 5.74) is 1.61. The van der Waals surface area contributed by atoms with Crippen molar-refractivity contribution in [2.45, 2.75) is 26.5 Å². The molecule has 0 saturated carbocycles. The van der Waals surface area contributed by atoms with Gasteiger partial charge < -0.3 is 14.8 Å². The Balaban J connectivity index is 2.61. The first kappa shape index (κ1) is 16.5. The third-order valence-electron chi connectivity index (χ3n) is 2.37. The highest BCUT2D eigenvalue weighted by Crippen LogP contribution is 2.06. The van der Waals surface area contributed by atoms with E-state index >= 15 is 0 Å². The first-order valence-electron chi connectivity index (χ1n) is 6.25. The molecule has 1 aromatic rings. The zero-order chi connectivity index (χ0) is 15.0. The number of pyridine rings is 1. The number of carbonyl (C=O) groups excluding carboxylic acids is 1. The highest BCUT2D eigenvalue weighted by atomic mass is 35.5. The number of methoxy groups -OCH3 is 1. The lowest BCUT2D eigenvalue weighted by Crippen LogP contribution is -2.20. The molecule has 0 aliphatic heterocycles. The number of rotatable bonds is 7. The van der Waals surface area contributed by atoms with Gasteiger partial charge in [0.25, 0.3) is 0 Å². The molecule has 1 heterocycles. The second kappa shape index (κ2) is 8.55. The number of esters is 1. The molecule has 5 nitrogen and oxygen atoms in total. The quantitative estimate of drug-likeness (QED) is 0.475. The van der Waals surface area contributed by atoms with Crippen LogP contribution >= 0.6 is 11.6 Å². The molecule has 0 aromatic carbocycles. The summed E-state index contributed by atoms with van der Waals surface area (Å²) in [5.74, 6) is -0.422. The number of halogens is 1. The van der Waals surface area contributed by atoms with E-state index in [1.165, 1.54) is 13.2 Å². The Hall–Kier alpha value is -1.59. The molecule has 1 aromatic heterocycles. The molecule has 0 atom stereocenters. The molecule has 0 aliphatic rings. The number of hydrogen-bond donors (Lipinski definition) is 1. The van der Waals surface area contributed by atoms with E-state index in [-0.39, 0.29) is 6.10 Å². The Bertz CT molecular complexity index is 458. The van der Waals surface area contributed by atoms with Gasteiger partial charge in [-0.25, -0.2) is 9.78 Å². The lowest BCUT2D eigenvalue weighted by atomic mass is 10.3. The number of nitrogens with zero attached hydrogens (tertiary/aromatic N) is 1. The van der Waals surface area contributed by atoms with Crippen LogP contribution in [0.4, 0.5) is 0 Å². The fraction of sp³-hybridized carbons (Fsp3) is 0.429. The molecule has 0 bridgehead atoms. The van der Waals surface area contributed by atoms with Gasteiger partial charge in [-0.15, -0.1) is 0 Å². The smallest absolute Gasteiger partial charge is 0.332 e. The normalized spacial score (nSPS) is 11.6. The van der Waals surface area contributed by atoms with Crippen LogP contribution in [0.5, 0.6) is 0 Å². The molecule has 0 saturated heterocycles. The van der Waals surface area contributed by atoms with Crippen molar-refractivity contribution in [3.8, 4) is 0 Å². The van der Waals surface area contributed by atoms with Gasteiger partial charge in [-0.2, -0.15) is 0 Å². The van der Waals surface area contributed by atoms with Crippen LogP contribution in [0.25, 0.3) is 0 Å². The summed E-state index contributed by atoms with van der Waals surface area (Å²) < 4.78 is 10.1. The predicted octanol–water partition coefficient (Wildman–Crippen LogP) is 2.31. The monoisotopic (exact) mass is 298 g/mol. The Morgan fingerprint density at radius 1 is 1.50 bits per heavy atom. The van der Waals surface area contributed by atoms with Crippen LogP contribution in [0.3, 0.4) is 0 Å². The first-order chi connectivity index (χ1) is 9.51. The molecule has 1 rings (SSSR count). The van der Waals surface area contributed by atoms with E-state index in [0.717, 1.165) is 5.56 Å². The van der Waals surface area contributed by atoms with Gasteiger partial charge in [0.2, 0.25) is 0 Å². The summed E-state index contributed by atoms with van der Waals surface area (Å²) in [5, 5.41) is 3.57. The molecule has 0 amide bonds. The van der Waals surface area contributed by atoms with Gasteiger partial charge in [0.1, 0.15) is 5.15 Å². The zero-order valence-electron chi connectivity index (χ0n) is 11.9. The molecule has 20 heavy (non-hydrogen) atoms. The van der Waals surface area contributed by atoms with Gasteiger partial charge in [-0.05, 0) is 25.5 Å². The van der Waals surface area contributed by atoms with E-state index < -0.39 is 5.97 Å². The van der Waals surface area contributed by atoms with Crippen molar-refractivity contribution < 1.29 is 14.3 Å². The molecule has 0 spiro atoms. The van der Waals surface area contributed by atoms with Crippen molar-refractivity contribution in [2.75, 3.05) is 13.7 Å². The second-order valence-electron chi connectivity index (χ2n) is 4.40. The largest absolute Gasteiger partial charge is 0.466 e. The van der Waals surface area contributed by atoms with Gasteiger partial charge >= 0.3 is 5.97 Å². The highest BCUT2D eigenvalue weighted by molar-refractivity contribution is 6.29. The van der Waals surface area contributed by atoms with E-state index in [4.69, 9.17) is 16.3 Å². The van der Waals surface area contributed by atoms with Crippen LogP contribution < -0.4 is 5.32 Å². The second-order valence-corrected chi connectivity index (χ2v) is 4.78. The van der Waals surface area contributed by atoms with Gasteiger partial charge in [-0.1, -0.05) is 17.7 Å². The SMILES string of the molecule is COC(=O)/C=C(\COC(C)C)NCc1ccc(Cl)nc1. The van der Waals surface area contributed by atoms with Crippen LogP contribution in [0, 0.1) is 0 Å². The summed E-state index contributed by atoms with van der Waals surface area (Å²) in [6.45, 7) is 4.69. The summed E-state index contributed by atoms with van der Waals surface area (Å²) in [7, 11) is 1.34. The van der Waals surface area contributed by atoms with Crippen LogP contribution in [0.2, 0.25) is 5.15 Å². The standard InChI is InChI=1S/C14H19ClN2O3/c1-10(2)20-9-12(6-14(18)19-3)16-7-11-4-5-13(15)17-8-11/h4-6,8,10,16H,7,9H2,1-3H3/b12-6+. The minimum atomic E-state index is -0.422. The van der Waals surface area contributed by atoms with Crippen molar-refractivity contribution >= 4 is 17.6 Å². The van der Waals surface area contributed by atoms with Crippen LogP contribution in [0.15, 0.2) is 30.1 Å². The number of ether oxygens (including phenoxy) is 2. The number of hydrogen-bond acceptors (Lipinski definition) is 5. The minimum Gasteiger partial charge on any atom is -0.466 e. The van der Waals surface area contributed by atoms with Crippen molar-refractivity contribution in [3.05, 3.63) is 40.8 Å². The minimum absolute atomic E-state index is 0.0787. The Labute approximate surface area is 123 Å². The molecule has 6 heteroatoms. The molecular weight excluding hydrogens is 280 g/mol. The maximum Gasteiger partial charge on any atom is 0.332 e. The fourth-order valence-electron chi connectivity index (χ4n) is 1.33. The Kier molecular flexibility index (Phi) is 7.04. The van der Waals surface area contributed by atoms with E-state index in [1.807, 2.05) is 19.9 Å². The molecule has 1 N–H and O–H groups in total. The lowest BCUT2D eigenvalue weighted by Gasteiger charge is -2.13. The van der Waals surface area contributed by atoms with E-state index in [9.17, 15) is 4.79 Å². The third kappa shape index (κ3) is 6.54. The summed E-state index contributed by atoms with van der Waals surface area (Å²) in [6.07, 6.45) is 3.13. The summed E-state index contributed by atoms with van der Waals surface area (Å²) >= 11 is 5.72. The Morgan fingerprint density at radius 3 is 2.80 bits per heavy atom. The topological polar surface area (TPSA) is 60.5 Å². The average molecular weight is 299 g/mol. The molecule has 0 radical (unpaired) electrons. The first-order valence-corrected chi connectivity index (χ1v) is 6.63. The highest BCUT2D eigenvalue weighted by Gasteiger charge is 2.04. The lowest BCUT2D eigenvalue weighted by molar-refractivity contribution is -0.135. The van der Waals surface area contributed by atoms with Gasteiger partial charge in [0.15, 0.2) is 0 Å². The fourth-order valence-corrected chi connectivity index (χ4v) is 1.44. The van der Waals surface area contributed by atoms with E-state index in [2.05, 4.69) is 15.0 Å². The predicted molar refractivity (Wildman–Crippen MR) is 77.3 cm³/mol. The molecule has 110 valence electrons. The van der Waals surface area contributed by atoms with Crippen LogP contribution in [-0.4, -0.2) is 30.8 Å². The van der Waals surface area contributed by atoms with Crippen molar-refractivity contribution in [2.24, 2.45) is 0 Å². The summed E-state index contributed by atoms with van der Waals surface area (Å²) in [6, 6.07) is 3.58.